The largest absolute Gasteiger partial charge is 0.480 e. The monoisotopic (exact) mass is 366 g/mol. The summed E-state index contributed by atoms with van der Waals surface area (Å²) in [5.41, 5.74) is 1.03. The third-order valence-corrected chi connectivity index (χ3v) is 5.05. The zero-order valence-electron chi connectivity index (χ0n) is 14.8. The summed E-state index contributed by atoms with van der Waals surface area (Å²) in [6.07, 6.45) is 1.66. The van der Waals surface area contributed by atoms with Gasteiger partial charge in [-0.3, -0.25) is 19.2 Å². The number of nitrogens with zero attached hydrogens (tertiary/aromatic N) is 4. The molecule has 3 rings (SSSR count). The van der Waals surface area contributed by atoms with E-state index in [1.165, 1.54) is 0 Å². The van der Waals surface area contributed by atoms with E-state index in [1.807, 2.05) is 11.8 Å². The van der Waals surface area contributed by atoms with E-state index in [2.05, 4.69) is 9.88 Å². The van der Waals surface area contributed by atoms with Crippen molar-refractivity contribution in [3.05, 3.63) is 30.1 Å². The molecule has 1 N–H and O–H groups in total. The minimum atomic E-state index is -2.62. The third-order valence-electron chi connectivity index (χ3n) is 5.05. The Bertz CT molecular complexity index is 757. The van der Waals surface area contributed by atoms with Crippen molar-refractivity contribution in [1.82, 2.24) is 19.4 Å². The number of rotatable bonds is 7. The Labute approximate surface area is 151 Å². The Morgan fingerprint density at radius 1 is 1.35 bits per heavy atom. The number of aliphatic carboxylic acids is 1. The first kappa shape index (κ1) is 18.7. The maximum atomic E-state index is 13.5. The molecule has 1 aromatic heterocycles. The molecule has 0 saturated carbocycles. The molecule has 1 fully saturated rings. The Hall–Kier alpha value is -2.06. The van der Waals surface area contributed by atoms with Gasteiger partial charge in [-0.2, -0.15) is 8.78 Å². The number of carboxylic acid groups (broad SMARTS) is 1. The summed E-state index contributed by atoms with van der Waals surface area (Å²) in [5.74, 6) is -0.447. The Morgan fingerprint density at radius 2 is 2.04 bits per heavy atom. The number of carbonyl (C=O) groups is 1. The third kappa shape index (κ3) is 4.02. The standard InChI is InChI=1S/C18H24F2N4O2/c1-2-23(12-17(25)26)13-7-9-22(10-8-13)11-16-21-14-5-3-4-6-15(14)24(16)18(19)20/h3-6,13,18H,2,7-12H2,1H3,(H,25,26). The average Bonchev–Trinajstić information content (AvgIpc) is 2.98. The highest BCUT2D eigenvalue weighted by Crippen LogP contribution is 2.25. The van der Waals surface area contributed by atoms with E-state index in [0.29, 0.717) is 29.9 Å². The minimum Gasteiger partial charge on any atom is -0.480 e. The lowest BCUT2D eigenvalue weighted by Crippen LogP contribution is -2.46. The SMILES string of the molecule is CCN(CC(=O)O)C1CCN(Cc2nc3ccccc3n2C(F)F)CC1. The number of fused-ring (bicyclic) bond motifs is 1. The van der Waals surface area contributed by atoms with Crippen LogP contribution in [0.25, 0.3) is 11.0 Å². The maximum Gasteiger partial charge on any atom is 0.320 e. The molecule has 0 atom stereocenters. The smallest absolute Gasteiger partial charge is 0.320 e. The van der Waals surface area contributed by atoms with Gasteiger partial charge in [-0.05, 0) is 31.5 Å². The average molecular weight is 366 g/mol. The molecule has 1 aliphatic heterocycles. The van der Waals surface area contributed by atoms with Crippen molar-refractivity contribution in [2.24, 2.45) is 0 Å². The second-order valence-corrected chi connectivity index (χ2v) is 6.63. The van der Waals surface area contributed by atoms with Crippen LogP contribution in [0.5, 0.6) is 0 Å². The molecule has 1 aromatic carbocycles. The summed E-state index contributed by atoms with van der Waals surface area (Å²) in [6, 6.07) is 7.16. The highest BCUT2D eigenvalue weighted by molar-refractivity contribution is 5.76. The number of alkyl halides is 2. The van der Waals surface area contributed by atoms with Crippen LogP contribution in [0.2, 0.25) is 0 Å². The Morgan fingerprint density at radius 3 is 2.65 bits per heavy atom. The molecule has 0 bridgehead atoms. The fourth-order valence-electron chi connectivity index (χ4n) is 3.74. The summed E-state index contributed by atoms with van der Waals surface area (Å²) < 4.78 is 28.0. The van der Waals surface area contributed by atoms with Gasteiger partial charge in [0, 0.05) is 19.1 Å². The van der Waals surface area contributed by atoms with Gasteiger partial charge in [-0.1, -0.05) is 19.1 Å². The number of hydrogen-bond donors (Lipinski definition) is 1. The van der Waals surface area contributed by atoms with E-state index in [-0.39, 0.29) is 12.6 Å². The van der Waals surface area contributed by atoms with Crippen LogP contribution in [0.4, 0.5) is 8.78 Å². The van der Waals surface area contributed by atoms with Gasteiger partial charge in [0.15, 0.2) is 0 Å². The number of aromatic nitrogens is 2. The van der Waals surface area contributed by atoms with Crippen LogP contribution < -0.4 is 0 Å². The predicted octanol–water partition coefficient (Wildman–Crippen LogP) is 2.80. The fourth-order valence-corrected chi connectivity index (χ4v) is 3.74. The first-order valence-corrected chi connectivity index (χ1v) is 8.91. The zero-order chi connectivity index (χ0) is 18.7. The minimum absolute atomic E-state index is 0.0440. The molecule has 0 aliphatic carbocycles. The van der Waals surface area contributed by atoms with Crippen molar-refractivity contribution in [3.8, 4) is 0 Å². The van der Waals surface area contributed by atoms with E-state index in [4.69, 9.17) is 5.11 Å². The van der Waals surface area contributed by atoms with Gasteiger partial charge < -0.3 is 5.11 Å². The van der Waals surface area contributed by atoms with Gasteiger partial charge in [0.1, 0.15) is 5.82 Å². The van der Waals surface area contributed by atoms with E-state index in [9.17, 15) is 13.6 Å². The molecule has 0 spiro atoms. The first-order valence-electron chi connectivity index (χ1n) is 8.91. The number of imidazole rings is 1. The number of piperidine rings is 1. The van der Waals surface area contributed by atoms with Crippen molar-refractivity contribution in [2.75, 3.05) is 26.2 Å². The van der Waals surface area contributed by atoms with Crippen LogP contribution in [0.15, 0.2) is 24.3 Å². The molecule has 2 aromatic rings. The number of benzene rings is 1. The Balaban J connectivity index is 1.67. The molecule has 26 heavy (non-hydrogen) atoms. The quantitative estimate of drug-likeness (QED) is 0.816. The number of likely N-dealkylation sites (N-methyl/N-ethyl adjacent to an activating group) is 1. The van der Waals surface area contributed by atoms with Gasteiger partial charge in [0.25, 0.3) is 0 Å². The number of likely N-dealkylation sites (tertiary alicyclic amines) is 1. The molecule has 1 aliphatic rings. The van der Waals surface area contributed by atoms with E-state index < -0.39 is 12.5 Å². The lowest BCUT2D eigenvalue weighted by Gasteiger charge is -2.37. The first-order chi connectivity index (χ1) is 12.5. The lowest BCUT2D eigenvalue weighted by atomic mass is 10.0. The maximum absolute atomic E-state index is 13.5. The topological polar surface area (TPSA) is 61.6 Å². The van der Waals surface area contributed by atoms with Gasteiger partial charge >= 0.3 is 12.5 Å². The van der Waals surface area contributed by atoms with Crippen LogP contribution in [0.3, 0.4) is 0 Å². The molecular formula is C18H24F2N4O2. The number of para-hydroxylation sites is 2. The van der Waals surface area contributed by atoms with Crippen LogP contribution >= 0.6 is 0 Å². The van der Waals surface area contributed by atoms with E-state index in [1.54, 1.807) is 24.3 Å². The Kier molecular flexibility index (Phi) is 5.83. The molecule has 6 nitrogen and oxygen atoms in total. The van der Waals surface area contributed by atoms with Gasteiger partial charge in [0.05, 0.1) is 24.1 Å². The number of carboxylic acids is 1. The van der Waals surface area contributed by atoms with Gasteiger partial charge in [0.2, 0.25) is 0 Å². The predicted molar refractivity (Wildman–Crippen MR) is 94.2 cm³/mol. The molecule has 0 amide bonds. The van der Waals surface area contributed by atoms with E-state index >= 15 is 0 Å². The van der Waals surface area contributed by atoms with E-state index in [0.717, 1.165) is 30.5 Å². The second kappa shape index (κ2) is 8.09. The fraction of sp³-hybridized carbons (Fsp3) is 0.556. The highest BCUT2D eigenvalue weighted by Gasteiger charge is 2.26. The highest BCUT2D eigenvalue weighted by atomic mass is 19.3. The summed E-state index contributed by atoms with van der Waals surface area (Å²) in [6.45, 7) is 1.93. The number of halogens is 2. The van der Waals surface area contributed by atoms with Crippen LogP contribution in [-0.2, 0) is 11.3 Å². The van der Waals surface area contributed by atoms with Gasteiger partial charge in [-0.25, -0.2) is 4.98 Å². The molecule has 0 unspecified atom stereocenters. The van der Waals surface area contributed by atoms with Crippen molar-refractivity contribution in [1.29, 1.82) is 0 Å². The lowest BCUT2D eigenvalue weighted by molar-refractivity contribution is -0.139. The molecule has 1 saturated heterocycles. The normalized spacial score (nSPS) is 16.8. The van der Waals surface area contributed by atoms with Crippen LogP contribution in [0, 0.1) is 0 Å². The van der Waals surface area contributed by atoms with Crippen molar-refractivity contribution in [2.45, 2.75) is 38.9 Å². The molecule has 142 valence electrons. The van der Waals surface area contributed by atoms with Gasteiger partial charge in [-0.15, -0.1) is 0 Å². The van der Waals surface area contributed by atoms with Crippen LogP contribution in [0.1, 0.15) is 32.1 Å². The summed E-state index contributed by atoms with van der Waals surface area (Å²) in [4.78, 5) is 19.4. The van der Waals surface area contributed by atoms with Crippen molar-refractivity contribution in [3.63, 3.8) is 0 Å². The van der Waals surface area contributed by atoms with Crippen molar-refractivity contribution < 1.29 is 18.7 Å². The van der Waals surface area contributed by atoms with Crippen molar-refractivity contribution >= 4 is 17.0 Å². The number of hydrogen-bond acceptors (Lipinski definition) is 4. The summed E-state index contributed by atoms with van der Waals surface area (Å²) in [5, 5.41) is 9.01. The second-order valence-electron chi connectivity index (χ2n) is 6.63. The zero-order valence-corrected chi connectivity index (χ0v) is 14.8. The molecule has 8 heteroatoms. The molecular weight excluding hydrogens is 342 g/mol. The summed E-state index contributed by atoms with van der Waals surface area (Å²) in [7, 11) is 0. The summed E-state index contributed by atoms with van der Waals surface area (Å²) >= 11 is 0. The van der Waals surface area contributed by atoms with Crippen LogP contribution in [-0.4, -0.2) is 62.6 Å². The molecule has 0 radical (unpaired) electrons. The molecule has 2 heterocycles.